The molecule has 0 saturated carbocycles. The van der Waals surface area contributed by atoms with Gasteiger partial charge in [0.15, 0.2) is 5.16 Å². The number of rotatable bonds is 8. The Morgan fingerprint density at radius 1 is 1.07 bits per heavy atom. The fraction of sp³-hybridized carbons (Fsp3) is 0.286. The first-order valence-corrected chi connectivity index (χ1v) is 11.0. The molecule has 1 amide bonds. The first-order chi connectivity index (χ1) is 13.5. The Labute approximate surface area is 174 Å². The number of hydrogen-bond donors (Lipinski definition) is 1. The smallest absolute Gasteiger partial charge is 0.230 e. The van der Waals surface area contributed by atoms with E-state index in [2.05, 4.69) is 46.7 Å². The Morgan fingerprint density at radius 2 is 1.79 bits per heavy atom. The van der Waals surface area contributed by atoms with Crippen molar-refractivity contribution in [1.82, 2.24) is 20.1 Å². The number of benzene rings is 2. The summed E-state index contributed by atoms with van der Waals surface area (Å²) in [7, 11) is 1.94. The highest BCUT2D eigenvalue weighted by Gasteiger charge is 2.13. The summed E-state index contributed by atoms with van der Waals surface area (Å²) in [6.07, 6.45) is 0. The Morgan fingerprint density at radius 3 is 2.50 bits per heavy atom. The standard InChI is InChI=1S/C21H24N4OS2/c1-15-9-11-18(12-10-15)27-13-19-23-24-21(25(19)3)28-14-20(26)22-16(2)17-7-5-4-6-8-17/h4-12,16H,13-14H2,1-3H3,(H,22,26). The van der Waals surface area contributed by atoms with E-state index in [9.17, 15) is 4.79 Å². The fourth-order valence-electron chi connectivity index (χ4n) is 2.62. The van der Waals surface area contributed by atoms with Crippen LogP contribution in [0.1, 0.15) is 29.9 Å². The van der Waals surface area contributed by atoms with Gasteiger partial charge in [-0.05, 0) is 31.5 Å². The Kier molecular flexibility index (Phi) is 7.17. The first kappa shape index (κ1) is 20.5. The zero-order valence-electron chi connectivity index (χ0n) is 16.3. The van der Waals surface area contributed by atoms with E-state index >= 15 is 0 Å². The molecule has 7 heteroatoms. The van der Waals surface area contributed by atoms with Crippen LogP contribution in [0.15, 0.2) is 64.6 Å². The van der Waals surface area contributed by atoms with E-state index in [1.807, 2.05) is 48.9 Å². The van der Waals surface area contributed by atoms with Crippen LogP contribution < -0.4 is 5.32 Å². The fourth-order valence-corrected chi connectivity index (χ4v) is 4.23. The Hall–Kier alpha value is -2.25. The molecule has 1 atom stereocenters. The second-order valence-electron chi connectivity index (χ2n) is 6.55. The number of carbonyl (C=O) groups is 1. The van der Waals surface area contributed by atoms with Gasteiger partial charge in [0, 0.05) is 11.9 Å². The highest BCUT2D eigenvalue weighted by Crippen LogP contribution is 2.24. The normalized spacial score (nSPS) is 12.0. The van der Waals surface area contributed by atoms with E-state index in [1.165, 1.54) is 22.2 Å². The van der Waals surface area contributed by atoms with Crippen molar-refractivity contribution in [3.05, 3.63) is 71.5 Å². The van der Waals surface area contributed by atoms with Gasteiger partial charge in [-0.1, -0.05) is 59.8 Å². The molecule has 2 aromatic carbocycles. The van der Waals surface area contributed by atoms with E-state index in [4.69, 9.17) is 0 Å². The molecule has 0 spiro atoms. The van der Waals surface area contributed by atoms with Crippen molar-refractivity contribution in [3.63, 3.8) is 0 Å². The molecule has 0 radical (unpaired) electrons. The van der Waals surface area contributed by atoms with Gasteiger partial charge in [-0.2, -0.15) is 0 Å². The van der Waals surface area contributed by atoms with Gasteiger partial charge >= 0.3 is 0 Å². The number of aromatic nitrogens is 3. The number of amides is 1. The summed E-state index contributed by atoms with van der Waals surface area (Å²) < 4.78 is 1.96. The minimum absolute atomic E-state index is 0.0140. The van der Waals surface area contributed by atoms with Crippen molar-refractivity contribution in [3.8, 4) is 0 Å². The Bertz CT molecular complexity index is 910. The zero-order chi connectivity index (χ0) is 19.9. The highest BCUT2D eigenvalue weighted by molar-refractivity contribution is 7.99. The molecule has 0 fully saturated rings. The van der Waals surface area contributed by atoms with Crippen LogP contribution in [0.3, 0.4) is 0 Å². The van der Waals surface area contributed by atoms with Crippen molar-refractivity contribution < 1.29 is 4.79 Å². The van der Waals surface area contributed by atoms with Crippen LogP contribution in [0, 0.1) is 6.92 Å². The largest absolute Gasteiger partial charge is 0.349 e. The van der Waals surface area contributed by atoms with Gasteiger partial charge in [-0.15, -0.1) is 22.0 Å². The lowest BCUT2D eigenvalue weighted by Gasteiger charge is -2.13. The predicted octanol–water partition coefficient (Wildman–Crippen LogP) is 4.39. The average molecular weight is 413 g/mol. The third kappa shape index (κ3) is 5.62. The number of thioether (sulfide) groups is 2. The molecule has 1 unspecified atom stereocenters. The number of hydrogen-bond acceptors (Lipinski definition) is 5. The van der Waals surface area contributed by atoms with Crippen molar-refractivity contribution >= 4 is 29.4 Å². The molecule has 28 heavy (non-hydrogen) atoms. The lowest BCUT2D eigenvalue weighted by atomic mass is 10.1. The van der Waals surface area contributed by atoms with E-state index in [0.29, 0.717) is 5.75 Å². The number of carbonyl (C=O) groups excluding carboxylic acids is 1. The van der Waals surface area contributed by atoms with Gasteiger partial charge in [0.2, 0.25) is 5.91 Å². The number of nitrogens with zero attached hydrogens (tertiary/aromatic N) is 3. The van der Waals surface area contributed by atoms with Crippen LogP contribution in [-0.2, 0) is 17.6 Å². The maximum Gasteiger partial charge on any atom is 0.230 e. The molecule has 146 valence electrons. The number of nitrogens with one attached hydrogen (secondary N) is 1. The molecule has 1 aromatic heterocycles. The lowest BCUT2D eigenvalue weighted by molar-refractivity contribution is -0.119. The van der Waals surface area contributed by atoms with Crippen LogP contribution in [0.2, 0.25) is 0 Å². The van der Waals surface area contributed by atoms with E-state index < -0.39 is 0 Å². The minimum Gasteiger partial charge on any atom is -0.349 e. The third-order valence-electron chi connectivity index (χ3n) is 4.32. The van der Waals surface area contributed by atoms with Crippen LogP contribution in [0.25, 0.3) is 0 Å². The molecule has 0 aliphatic heterocycles. The van der Waals surface area contributed by atoms with Crippen molar-refractivity contribution in [1.29, 1.82) is 0 Å². The SMILES string of the molecule is Cc1ccc(SCc2nnc(SCC(=O)NC(C)c3ccccc3)n2C)cc1. The highest BCUT2D eigenvalue weighted by atomic mass is 32.2. The van der Waals surface area contributed by atoms with Gasteiger partial charge in [0.05, 0.1) is 17.5 Å². The van der Waals surface area contributed by atoms with Crippen LogP contribution in [0.5, 0.6) is 0 Å². The topological polar surface area (TPSA) is 59.8 Å². The average Bonchev–Trinajstić information content (AvgIpc) is 3.06. The molecule has 1 N–H and O–H groups in total. The second-order valence-corrected chi connectivity index (χ2v) is 8.54. The Balaban J connectivity index is 1.49. The van der Waals surface area contributed by atoms with Gasteiger partial charge < -0.3 is 9.88 Å². The monoisotopic (exact) mass is 412 g/mol. The lowest BCUT2D eigenvalue weighted by Crippen LogP contribution is -2.28. The summed E-state index contributed by atoms with van der Waals surface area (Å²) in [6.45, 7) is 4.07. The van der Waals surface area contributed by atoms with Gasteiger partial charge in [-0.25, -0.2) is 0 Å². The van der Waals surface area contributed by atoms with Crippen LogP contribution in [0.4, 0.5) is 0 Å². The summed E-state index contributed by atoms with van der Waals surface area (Å²) in [5, 5.41) is 12.3. The maximum absolute atomic E-state index is 12.3. The molecule has 1 heterocycles. The molecule has 3 rings (SSSR count). The number of aryl methyl sites for hydroxylation is 1. The van der Waals surface area contributed by atoms with Gasteiger partial charge in [0.25, 0.3) is 0 Å². The first-order valence-electron chi connectivity index (χ1n) is 9.08. The molecule has 0 aliphatic carbocycles. The molecule has 0 bridgehead atoms. The van der Waals surface area contributed by atoms with Crippen LogP contribution >= 0.6 is 23.5 Å². The summed E-state index contributed by atoms with van der Waals surface area (Å²) in [5.41, 5.74) is 2.34. The molecular weight excluding hydrogens is 388 g/mol. The maximum atomic E-state index is 12.3. The molecule has 0 saturated heterocycles. The van der Waals surface area contributed by atoms with Crippen molar-refractivity contribution in [2.75, 3.05) is 5.75 Å². The van der Waals surface area contributed by atoms with Crippen molar-refractivity contribution in [2.45, 2.75) is 35.7 Å². The van der Waals surface area contributed by atoms with E-state index in [0.717, 1.165) is 22.3 Å². The second kappa shape index (κ2) is 9.80. The minimum atomic E-state index is -0.0183. The summed E-state index contributed by atoms with van der Waals surface area (Å²) in [6, 6.07) is 18.4. The van der Waals surface area contributed by atoms with Crippen LogP contribution in [-0.4, -0.2) is 26.4 Å². The molecular formula is C21H24N4OS2. The zero-order valence-corrected chi connectivity index (χ0v) is 17.9. The van der Waals surface area contributed by atoms with E-state index in [-0.39, 0.29) is 11.9 Å². The predicted molar refractivity (Wildman–Crippen MR) is 115 cm³/mol. The third-order valence-corrected chi connectivity index (χ3v) is 6.35. The summed E-state index contributed by atoms with van der Waals surface area (Å²) in [5.74, 6) is 1.93. The van der Waals surface area contributed by atoms with Crippen molar-refractivity contribution in [2.24, 2.45) is 7.05 Å². The van der Waals surface area contributed by atoms with E-state index in [1.54, 1.807) is 11.8 Å². The molecule has 3 aromatic rings. The van der Waals surface area contributed by atoms with Gasteiger partial charge in [-0.3, -0.25) is 4.79 Å². The quantitative estimate of drug-likeness (QED) is 0.556. The van der Waals surface area contributed by atoms with Gasteiger partial charge in [0.1, 0.15) is 5.82 Å². The summed E-state index contributed by atoms with van der Waals surface area (Å²) >= 11 is 3.13. The summed E-state index contributed by atoms with van der Waals surface area (Å²) in [4.78, 5) is 13.5. The molecule has 0 aliphatic rings. The molecule has 5 nitrogen and oxygen atoms in total.